The molecular formula is C18H20N4O3. The predicted molar refractivity (Wildman–Crippen MR) is 89.9 cm³/mol. The van der Waals surface area contributed by atoms with E-state index in [9.17, 15) is 9.59 Å². The molecule has 2 aromatic rings. The van der Waals surface area contributed by atoms with Crippen molar-refractivity contribution in [3.05, 3.63) is 53.9 Å². The number of nitrogens with one attached hydrogen (secondary N) is 1. The van der Waals surface area contributed by atoms with Gasteiger partial charge in [0.25, 0.3) is 5.91 Å². The van der Waals surface area contributed by atoms with E-state index in [-0.39, 0.29) is 24.1 Å². The first-order chi connectivity index (χ1) is 12.2. The molecule has 2 fully saturated rings. The van der Waals surface area contributed by atoms with Crippen molar-refractivity contribution in [2.24, 2.45) is 0 Å². The third-order valence-electron chi connectivity index (χ3n) is 4.99. The molecule has 2 aliphatic rings. The summed E-state index contributed by atoms with van der Waals surface area (Å²) in [5.41, 5.74) is 1.66. The molecule has 130 valence electrons. The van der Waals surface area contributed by atoms with E-state index < -0.39 is 0 Å². The van der Waals surface area contributed by atoms with E-state index in [4.69, 9.17) is 4.74 Å². The van der Waals surface area contributed by atoms with Gasteiger partial charge in [0.05, 0.1) is 17.8 Å². The summed E-state index contributed by atoms with van der Waals surface area (Å²) in [5.74, 6) is -0.0178. The fourth-order valence-corrected chi connectivity index (χ4v) is 3.67. The van der Waals surface area contributed by atoms with Gasteiger partial charge >= 0.3 is 6.09 Å². The van der Waals surface area contributed by atoms with Crippen molar-refractivity contribution in [1.29, 1.82) is 0 Å². The lowest BCUT2D eigenvalue weighted by atomic mass is 9.99. The predicted octanol–water partition coefficient (Wildman–Crippen LogP) is 2.21. The number of aromatic amines is 1. The lowest BCUT2D eigenvalue weighted by Crippen LogP contribution is -2.47. The van der Waals surface area contributed by atoms with Crippen molar-refractivity contribution < 1.29 is 14.3 Å². The topological polar surface area (TPSA) is 78.5 Å². The van der Waals surface area contributed by atoms with E-state index >= 15 is 0 Å². The maximum atomic E-state index is 12.4. The number of ether oxygens (including phenoxy) is 1. The first-order valence-corrected chi connectivity index (χ1v) is 8.52. The SMILES string of the molecule is O=C(c1cn[nH]c1)N1CCC(N2C(=O)OC[C@H]2c2ccccc2)CC1. The Morgan fingerprint density at radius 1 is 1.20 bits per heavy atom. The average Bonchev–Trinajstić information content (AvgIpc) is 3.32. The zero-order valence-corrected chi connectivity index (χ0v) is 13.8. The first kappa shape index (κ1) is 15.7. The number of benzene rings is 1. The van der Waals surface area contributed by atoms with E-state index in [0.29, 0.717) is 25.3 Å². The quantitative estimate of drug-likeness (QED) is 0.929. The third-order valence-corrected chi connectivity index (χ3v) is 4.99. The van der Waals surface area contributed by atoms with Gasteiger partial charge in [0.15, 0.2) is 0 Å². The van der Waals surface area contributed by atoms with E-state index in [1.807, 2.05) is 40.1 Å². The van der Waals surface area contributed by atoms with Crippen molar-refractivity contribution in [2.45, 2.75) is 24.9 Å². The number of hydrogen-bond acceptors (Lipinski definition) is 4. The second kappa shape index (κ2) is 6.58. The number of likely N-dealkylation sites (tertiary alicyclic amines) is 1. The molecule has 4 rings (SSSR count). The van der Waals surface area contributed by atoms with Gasteiger partial charge in [0.1, 0.15) is 6.61 Å². The minimum absolute atomic E-state index is 0.0178. The van der Waals surface area contributed by atoms with Gasteiger partial charge < -0.3 is 9.64 Å². The molecule has 0 aliphatic carbocycles. The maximum Gasteiger partial charge on any atom is 0.410 e. The van der Waals surface area contributed by atoms with Crippen LogP contribution in [0.5, 0.6) is 0 Å². The summed E-state index contributed by atoms with van der Waals surface area (Å²) in [6.07, 6.45) is 4.40. The molecule has 3 heterocycles. The van der Waals surface area contributed by atoms with Crippen LogP contribution in [0, 0.1) is 0 Å². The number of aromatic nitrogens is 2. The molecule has 1 N–H and O–H groups in total. The highest BCUT2D eigenvalue weighted by Crippen LogP contribution is 2.33. The zero-order chi connectivity index (χ0) is 17.2. The highest BCUT2D eigenvalue weighted by molar-refractivity contribution is 5.93. The Morgan fingerprint density at radius 2 is 1.96 bits per heavy atom. The molecule has 2 saturated heterocycles. The molecule has 1 atom stereocenters. The number of H-pyrrole nitrogens is 1. The van der Waals surface area contributed by atoms with E-state index in [2.05, 4.69) is 10.2 Å². The van der Waals surface area contributed by atoms with Crippen LogP contribution in [0.1, 0.15) is 34.8 Å². The maximum absolute atomic E-state index is 12.4. The van der Waals surface area contributed by atoms with Crippen LogP contribution in [0.4, 0.5) is 4.79 Å². The Hall–Kier alpha value is -2.83. The van der Waals surface area contributed by atoms with Crippen LogP contribution in [0.3, 0.4) is 0 Å². The fourth-order valence-electron chi connectivity index (χ4n) is 3.67. The van der Waals surface area contributed by atoms with Crippen molar-refractivity contribution in [1.82, 2.24) is 20.0 Å². The highest BCUT2D eigenvalue weighted by atomic mass is 16.6. The minimum Gasteiger partial charge on any atom is -0.447 e. The number of cyclic esters (lactones) is 1. The Balaban J connectivity index is 1.44. The third kappa shape index (κ3) is 2.97. The number of carbonyl (C=O) groups excluding carboxylic acids is 2. The first-order valence-electron chi connectivity index (χ1n) is 8.52. The molecule has 0 bridgehead atoms. The normalized spacial score (nSPS) is 21.4. The van der Waals surface area contributed by atoms with E-state index in [0.717, 1.165) is 18.4 Å². The number of rotatable bonds is 3. The van der Waals surface area contributed by atoms with Gasteiger partial charge in [-0.1, -0.05) is 30.3 Å². The second-order valence-corrected chi connectivity index (χ2v) is 6.42. The Kier molecular flexibility index (Phi) is 4.13. The largest absolute Gasteiger partial charge is 0.447 e. The number of amides is 2. The number of nitrogens with zero attached hydrogens (tertiary/aromatic N) is 3. The molecule has 0 unspecified atom stereocenters. The van der Waals surface area contributed by atoms with Crippen molar-refractivity contribution in [3.63, 3.8) is 0 Å². The molecule has 7 heteroatoms. The Morgan fingerprint density at radius 3 is 2.64 bits per heavy atom. The molecular weight excluding hydrogens is 320 g/mol. The van der Waals surface area contributed by atoms with Gasteiger partial charge in [0, 0.05) is 25.3 Å². The van der Waals surface area contributed by atoms with Gasteiger partial charge in [-0.15, -0.1) is 0 Å². The molecule has 2 aliphatic heterocycles. The van der Waals surface area contributed by atoms with Crippen LogP contribution in [-0.4, -0.2) is 57.7 Å². The van der Waals surface area contributed by atoms with Crippen molar-refractivity contribution >= 4 is 12.0 Å². The minimum atomic E-state index is -0.256. The van der Waals surface area contributed by atoms with Gasteiger partial charge in [-0.2, -0.15) is 5.10 Å². The molecule has 0 radical (unpaired) electrons. The molecule has 0 saturated carbocycles. The summed E-state index contributed by atoms with van der Waals surface area (Å²) in [4.78, 5) is 28.3. The summed E-state index contributed by atoms with van der Waals surface area (Å²) in [5, 5.41) is 6.49. The smallest absolute Gasteiger partial charge is 0.410 e. The summed E-state index contributed by atoms with van der Waals surface area (Å²) < 4.78 is 5.31. The second-order valence-electron chi connectivity index (χ2n) is 6.42. The summed E-state index contributed by atoms with van der Waals surface area (Å²) in [6.45, 7) is 1.64. The van der Waals surface area contributed by atoms with E-state index in [1.54, 1.807) is 6.20 Å². The molecule has 2 amide bonds. The van der Waals surface area contributed by atoms with E-state index in [1.165, 1.54) is 6.20 Å². The van der Waals surface area contributed by atoms with Crippen LogP contribution in [0.15, 0.2) is 42.7 Å². The van der Waals surface area contributed by atoms with Crippen LogP contribution in [0.25, 0.3) is 0 Å². The van der Waals surface area contributed by atoms with Crippen molar-refractivity contribution in [3.8, 4) is 0 Å². The van der Waals surface area contributed by atoms with Gasteiger partial charge in [-0.25, -0.2) is 4.79 Å². The van der Waals surface area contributed by atoms with Gasteiger partial charge in [0.2, 0.25) is 0 Å². The number of carbonyl (C=O) groups is 2. The lowest BCUT2D eigenvalue weighted by molar-refractivity contribution is 0.0636. The van der Waals surface area contributed by atoms with Crippen LogP contribution in [-0.2, 0) is 4.74 Å². The van der Waals surface area contributed by atoms with Crippen LogP contribution < -0.4 is 0 Å². The highest BCUT2D eigenvalue weighted by Gasteiger charge is 2.40. The lowest BCUT2D eigenvalue weighted by Gasteiger charge is -2.37. The Bertz CT molecular complexity index is 739. The summed E-state index contributed by atoms with van der Waals surface area (Å²) in [7, 11) is 0. The fraction of sp³-hybridized carbons (Fsp3) is 0.389. The summed E-state index contributed by atoms with van der Waals surface area (Å²) in [6, 6.07) is 10.0. The standard InChI is InChI=1S/C18H20N4O3/c23-17(14-10-19-20-11-14)21-8-6-15(7-9-21)22-16(12-25-18(22)24)13-4-2-1-3-5-13/h1-5,10-11,15-16H,6-9,12H2,(H,19,20)/t16-/m0/s1. The van der Waals surface area contributed by atoms with Gasteiger partial charge in [-0.05, 0) is 18.4 Å². The molecule has 1 aromatic carbocycles. The number of hydrogen-bond donors (Lipinski definition) is 1. The molecule has 7 nitrogen and oxygen atoms in total. The average molecular weight is 340 g/mol. The summed E-state index contributed by atoms with van der Waals surface area (Å²) >= 11 is 0. The van der Waals surface area contributed by atoms with Crippen LogP contribution >= 0.6 is 0 Å². The van der Waals surface area contributed by atoms with Crippen LogP contribution in [0.2, 0.25) is 0 Å². The molecule has 25 heavy (non-hydrogen) atoms. The molecule has 1 aromatic heterocycles. The number of piperidine rings is 1. The molecule has 0 spiro atoms. The van der Waals surface area contributed by atoms with Crippen molar-refractivity contribution in [2.75, 3.05) is 19.7 Å². The Labute approximate surface area is 145 Å². The monoisotopic (exact) mass is 340 g/mol. The van der Waals surface area contributed by atoms with Gasteiger partial charge in [-0.3, -0.25) is 14.8 Å². The zero-order valence-electron chi connectivity index (χ0n) is 13.8.